The third-order valence-corrected chi connectivity index (χ3v) is 3.80. The number of benzene rings is 1. The molecule has 0 aliphatic carbocycles. The van der Waals surface area contributed by atoms with Gasteiger partial charge in [-0.3, -0.25) is 4.79 Å². The second-order valence-electron chi connectivity index (χ2n) is 5.37. The zero-order valence-corrected chi connectivity index (χ0v) is 13.4. The Kier molecular flexibility index (Phi) is 5.53. The van der Waals surface area contributed by atoms with Crippen LogP contribution in [0, 0.1) is 12.8 Å². The van der Waals surface area contributed by atoms with E-state index in [4.69, 9.17) is 0 Å². The van der Waals surface area contributed by atoms with Crippen LogP contribution in [0.4, 0.5) is 17.2 Å². The number of anilines is 3. The Morgan fingerprint density at radius 1 is 1.14 bits per heavy atom. The monoisotopic (exact) mass is 297 g/mol. The Balaban J connectivity index is 2.02. The van der Waals surface area contributed by atoms with E-state index >= 15 is 0 Å². The lowest BCUT2D eigenvalue weighted by molar-refractivity contribution is -0.120. The summed E-state index contributed by atoms with van der Waals surface area (Å²) in [6.07, 6.45) is 3.42. The van der Waals surface area contributed by atoms with Crippen LogP contribution in [0.15, 0.2) is 42.6 Å². The molecule has 2 N–H and O–H groups in total. The topological polar surface area (TPSA) is 54.0 Å². The quantitative estimate of drug-likeness (QED) is 0.825. The van der Waals surface area contributed by atoms with Gasteiger partial charge >= 0.3 is 0 Å². The minimum atomic E-state index is 0.0390. The van der Waals surface area contributed by atoms with Gasteiger partial charge in [0, 0.05) is 11.6 Å². The summed E-state index contributed by atoms with van der Waals surface area (Å²) in [4.78, 5) is 16.3. The molecule has 0 aliphatic heterocycles. The van der Waals surface area contributed by atoms with E-state index in [1.54, 1.807) is 6.20 Å². The number of nitrogens with zero attached hydrogens (tertiary/aromatic N) is 1. The fourth-order valence-corrected chi connectivity index (χ4v) is 2.30. The molecule has 0 unspecified atom stereocenters. The van der Waals surface area contributed by atoms with Crippen molar-refractivity contribution in [1.82, 2.24) is 4.98 Å². The summed E-state index contributed by atoms with van der Waals surface area (Å²) < 4.78 is 0. The molecule has 0 saturated carbocycles. The van der Waals surface area contributed by atoms with Gasteiger partial charge < -0.3 is 10.6 Å². The van der Waals surface area contributed by atoms with Crippen molar-refractivity contribution >= 4 is 23.1 Å². The van der Waals surface area contributed by atoms with Crippen LogP contribution in [0.5, 0.6) is 0 Å². The summed E-state index contributed by atoms with van der Waals surface area (Å²) >= 11 is 0. The Bertz CT molecular complexity index is 618. The Morgan fingerprint density at radius 2 is 1.86 bits per heavy atom. The molecule has 1 heterocycles. The van der Waals surface area contributed by atoms with Crippen molar-refractivity contribution in [2.24, 2.45) is 5.92 Å². The van der Waals surface area contributed by atoms with Crippen LogP contribution < -0.4 is 10.6 Å². The Labute approximate surface area is 132 Å². The van der Waals surface area contributed by atoms with Gasteiger partial charge in [0.25, 0.3) is 0 Å². The molecular weight excluding hydrogens is 274 g/mol. The third kappa shape index (κ3) is 4.07. The minimum Gasteiger partial charge on any atom is -0.354 e. The SMILES string of the molecule is CCC(CC)C(=O)Nc1ccc(Nc2ccccc2C)cn1. The summed E-state index contributed by atoms with van der Waals surface area (Å²) in [5.74, 6) is 0.677. The van der Waals surface area contributed by atoms with Crippen molar-refractivity contribution in [3.05, 3.63) is 48.2 Å². The van der Waals surface area contributed by atoms with Crippen LogP contribution in [0.3, 0.4) is 0 Å². The lowest BCUT2D eigenvalue weighted by Gasteiger charge is -2.13. The zero-order valence-electron chi connectivity index (χ0n) is 13.4. The van der Waals surface area contributed by atoms with Gasteiger partial charge in [-0.25, -0.2) is 4.98 Å². The van der Waals surface area contributed by atoms with Gasteiger partial charge in [-0.1, -0.05) is 32.0 Å². The molecular formula is C18H23N3O. The van der Waals surface area contributed by atoms with Crippen molar-refractivity contribution in [3.63, 3.8) is 0 Å². The van der Waals surface area contributed by atoms with Crippen LogP contribution in [0.2, 0.25) is 0 Å². The largest absolute Gasteiger partial charge is 0.354 e. The number of carbonyl (C=O) groups excluding carboxylic acids is 1. The number of para-hydroxylation sites is 1. The molecule has 0 fully saturated rings. The van der Waals surface area contributed by atoms with E-state index in [1.165, 1.54) is 5.56 Å². The highest BCUT2D eigenvalue weighted by Crippen LogP contribution is 2.20. The van der Waals surface area contributed by atoms with E-state index in [1.807, 2.05) is 44.2 Å². The molecule has 0 atom stereocenters. The smallest absolute Gasteiger partial charge is 0.228 e. The number of amides is 1. The van der Waals surface area contributed by atoms with Crippen molar-refractivity contribution in [2.75, 3.05) is 10.6 Å². The van der Waals surface area contributed by atoms with Crippen molar-refractivity contribution in [2.45, 2.75) is 33.6 Å². The van der Waals surface area contributed by atoms with Gasteiger partial charge in [0.05, 0.1) is 11.9 Å². The van der Waals surface area contributed by atoms with E-state index in [0.717, 1.165) is 24.2 Å². The van der Waals surface area contributed by atoms with Crippen LogP contribution in [-0.4, -0.2) is 10.9 Å². The molecule has 1 aromatic heterocycles. The maximum Gasteiger partial charge on any atom is 0.228 e. The van der Waals surface area contributed by atoms with Crippen LogP contribution in [0.1, 0.15) is 32.3 Å². The lowest BCUT2D eigenvalue weighted by Crippen LogP contribution is -2.22. The number of carbonyl (C=O) groups is 1. The van der Waals surface area contributed by atoms with Crippen LogP contribution in [-0.2, 0) is 4.79 Å². The maximum absolute atomic E-state index is 12.0. The first-order valence-corrected chi connectivity index (χ1v) is 7.73. The molecule has 22 heavy (non-hydrogen) atoms. The summed E-state index contributed by atoms with van der Waals surface area (Å²) in [6, 6.07) is 11.8. The average molecular weight is 297 g/mol. The standard InChI is InChI=1S/C18H23N3O/c1-4-14(5-2)18(22)21-17-11-10-15(12-19-17)20-16-9-7-6-8-13(16)3/h6-12,14,20H,4-5H2,1-3H3,(H,19,21,22). The second kappa shape index (κ2) is 7.59. The van der Waals surface area contributed by atoms with E-state index < -0.39 is 0 Å². The molecule has 0 radical (unpaired) electrons. The van der Waals surface area contributed by atoms with Gasteiger partial charge in [0.15, 0.2) is 0 Å². The van der Waals surface area contributed by atoms with E-state index in [9.17, 15) is 4.79 Å². The van der Waals surface area contributed by atoms with Gasteiger partial charge in [-0.05, 0) is 43.5 Å². The summed E-state index contributed by atoms with van der Waals surface area (Å²) in [6.45, 7) is 6.10. The number of nitrogens with one attached hydrogen (secondary N) is 2. The van der Waals surface area contributed by atoms with Crippen molar-refractivity contribution in [1.29, 1.82) is 0 Å². The molecule has 0 aliphatic rings. The normalized spacial score (nSPS) is 10.5. The Hall–Kier alpha value is -2.36. The highest BCUT2D eigenvalue weighted by Gasteiger charge is 2.14. The molecule has 4 heteroatoms. The predicted molar refractivity (Wildman–Crippen MR) is 91.4 cm³/mol. The number of rotatable bonds is 6. The average Bonchev–Trinajstić information content (AvgIpc) is 2.52. The molecule has 116 valence electrons. The lowest BCUT2D eigenvalue weighted by atomic mass is 10.0. The van der Waals surface area contributed by atoms with Gasteiger partial charge in [0.1, 0.15) is 5.82 Å². The van der Waals surface area contributed by atoms with Crippen molar-refractivity contribution in [3.8, 4) is 0 Å². The fourth-order valence-electron chi connectivity index (χ4n) is 2.30. The van der Waals surface area contributed by atoms with Gasteiger partial charge in [-0.2, -0.15) is 0 Å². The number of pyridine rings is 1. The van der Waals surface area contributed by atoms with Gasteiger partial charge in [-0.15, -0.1) is 0 Å². The molecule has 0 spiro atoms. The molecule has 1 aromatic carbocycles. The van der Waals surface area contributed by atoms with Gasteiger partial charge in [0.2, 0.25) is 5.91 Å². The van der Waals surface area contributed by atoms with Crippen LogP contribution in [0.25, 0.3) is 0 Å². The predicted octanol–water partition coefficient (Wildman–Crippen LogP) is 4.51. The highest BCUT2D eigenvalue weighted by atomic mass is 16.1. The van der Waals surface area contributed by atoms with E-state index in [0.29, 0.717) is 5.82 Å². The first-order valence-electron chi connectivity index (χ1n) is 7.73. The molecule has 0 saturated heterocycles. The molecule has 2 aromatic rings. The summed E-state index contributed by atoms with van der Waals surface area (Å²) in [7, 11) is 0. The number of hydrogen-bond acceptors (Lipinski definition) is 3. The molecule has 0 bridgehead atoms. The first-order chi connectivity index (χ1) is 10.6. The summed E-state index contributed by atoms with van der Waals surface area (Å²) in [5, 5.41) is 6.19. The number of aromatic nitrogens is 1. The number of aryl methyl sites for hydroxylation is 1. The molecule has 2 rings (SSSR count). The summed E-state index contributed by atoms with van der Waals surface area (Å²) in [5.41, 5.74) is 3.13. The Morgan fingerprint density at radius 3 is 2.45 bits per heavy atom. The molecule has 4 nitrogen and oxygen atoms in total. The van der Waals surface area contributed by atoms with E-state index in [-0.39, 0.29) is 11.8 Å². The second-order valence-corrected chi connectivity index (χ2v) is 5.37. The van der Waals surface area contributed by atoms with E-state index in [2.05, 4.69) is 28.6 Å². The zero-order chi connectivity index (χ0) is 15.9. The minimum absolute atomic E-state index is 0.0390. The fraction of sp³-hybridized carbons (Fsp3) is 0.333. The highest BCUT2D eigenvalue weighted by molar-refractivity contribution is 5.91. The third-order valence-electron chi connectivity index (χ3n) is 3.80. The van der Waals surface area contributed by atoms with Crippen molar-refractivity contribution < 1.29 is 4.79 Å². The molecule has 1 amide bonds. The first kappa shape index (κ1) is 16.0. The maximum atomic E-state index is 12.0. The van der Waals surface area contributed by atoms with Crippen LogP contribution >= 0.6 is 0 Å². The number of hydrogen-bond donors (Lipinski definition) is 2.